The molecule has 0 amide bonds. The quantitative estimate of drug-likeness (QED) is 0.840. The number of rotatable bonds is 3. The molecule has 4 nitrogen and oxygen atoms in total. The van der Waals surface area contributed by atoms with E-state index in [0.717, 1.165) is 19.3 Å². The summed E-state index contributed by atoms with van der Waals surface area (Å²) >= 11 is 0. The molecule has 0 saturated carbocycles. The number of hydrogen-bond acceptors (Lipinski definition) is 3. The van der Waals surface area contributed by atoms with E-state index in [2.05, 4.69) is 7.05 Å². The van der Waals surface area contributed by atoms with E-state index in [1.807, 2.05) is 18.2 Å². The summed E-state index contributed by atoms with van der Waals surface area (Å²) in [6, 6.07) is 9.83. The Morgan fingerprint density at radius 1 is 1.19 bits per heavy atom. The predicted octanol–water partition coefficient (Wildman–Crippen LogP) is 0.867. The van der Waals surface area contributed by atoms with Crippen molar-refractivity contribution in [3.8, 4) is 0 Å². The lowest BCUT2D eigenvalue weighted by molar-refractivity contribution is -0.926. The zero-order chi connectivity index (χ0) is 15.0. The van der Waals surface area contributed by atoms with E-state index < -0.39 is 0 Å². The van der Waals surface area contributed by atoms with E-state index in [-0.39, 0.29) is 23.8 Å². The average molecular weight is 288 g/mol. The van der Waals surface area contributed by atoms with Crippen molar-refractivity contribution in [3.63, 3.8) is 0 Å². The zero-order valence-electron chi connectivity index (χ0n) is 12.5. The number of Topliss-reactive ketones (excluding diaryl/α,β-unsaturated/α-hetero) is 1. The molecule has 2 saturated heterocycles. The molecule has 0 aliphatic carbocycles. The van der Waals surface area contributed by atoms with Crippen LogP contribution in [0, 0.1) is 5.92 Å². The Bertz CT molecular complexity index is 542. The second-order valence-electron chi connectivity index (χ2n) is 6.31. The minimum Gasteiger partial charge on any atom is -0.458 e. The number of piperidine rings is 1. The molecule has 5 atom stereocenters. The normalized spacial score (nSPS) is 34.5. The molecule has 0 aromatic heterocycles. The van der Waals surface area contributed by atoms with Crippen LogP contribution in [0.25, 0.3) is 0 Å². The third kappa shape index (κ3) is 2.60. The van der Waals surface area contributed by atoms with Crippen molar-refractivity contribution in [2.24, 2.45) is 5.92 Å². The van der Waals surface area contributed by atoms with Crippen LogP contribution in [-0.2, 0) is 9.53 Å². The highest BCUT2D eigenvalue weighted by molar-refractivity contribution is 5.90. The summed E-state index contributed by atoms with van der Waals surface area (Å²) in [4.78, 5) is 25.7. The fraction of sp³-hybridized carbons (Fsp3) is 0.529. The first-order valence-electron chi connectivity index (χ1n) is 7.67. The number of hydrogen-bond donors (Lipinski definition) is 1. The zero-order valence-corrected chi connectivity index (χ0v) is 12.5. The number of ether oxygens (including phenoxy) is 1. The Balaban J connectivity index is 1.78. The van der Waals surface area contributed by atoms with Crippen molar-refractivity contribution in [3.05, 3.63) is 35.9 Å². The van der Waals surface area contributed by atoms with Crippen LogP contribution in [0.5, 0.6) is 0 Å². The number of carbonyl (C=O) groups excluding carboxylic acids is 2. The van der Waals surface area contributed by atoms with Gasteiger partial charge in [-0.3, -0.25) is 4.79 Å². The molecule has 112 valence electrons. The Morgan fingerprint density at radius 3 is 2.57 bits per heavy atom. The van der Waals surface area contributed by atoms with Gasteiger partial charge in [0.05, 0.1) is 18.7 Å². The van der Waals surface area contributed by atoms with Crippen molar-refractivity contribution >= 4 is 11.8 Å². The minimum atomic E-state index is -0.314. The highest BCUT2D eigenvalue weighted by Crippen LogP contribution is 2.31. The van der Waals surface area contributed by atoms with Crippen LogP contribution in [-0.4, -0.2) is 37.0 Å². The van der Waals surface area contributed by atoms with Gasteiger partial charge < -0.3 is 9.64 Å². The molecule has 0 radical (unpaired) electrons. The van der Waals surface area contributed by atoms with Crippen molar-refractivity contribution in [1.29, 1.82) is 0 Å². The summed E-state index contributed by atoms with van der Waals surface area (Å²) in [5, 5.41) is 0. The highest BCUT2D eigenvalue weighted by Gasteiger charge is 2.52. The van der Waals surface area contributed by atoms with E-state index >= 15 is 0 Å². The molecule has 2 heterocycles. The minimum absolute atomic E-state index is 0.144. The van der Waals surface area contributed by atoms with Gasteiger partial charge in [0.1, 0.15) is 23.8 Å². The van der Waals surface area contributed by atoms with Crippen molar-refractivity contribution < 1.29 is 19.2 Å². The second kappa shape index (κ2) is 5.60. The van der Waals surface area contributed by atoms with Gasteiger partial charge in [-0.2, -0.15) is 0 Å². The molecule has 4 heteroatoms. The molecule has 0 spiro atoms. The molecule has 21 heavy (non-hydrogen) atoms. The molecular weight excluding hydrogens is 266 g/mol. The summed E-state index contributed by atoms with van der Waals surface area (Å²) < 4.78 is 5.71. The third-order valence-corrected chi connectivity index (χ3v) is 5.14. The largest absolute Gasteiger partial charge is 0.458 e. The molecule has 2 aliphatic heterocycles. The van der Waals surface area contributed by atoms with Gasteiger partial charge in [0.2, 0.25) is 0 Å². The Kier molecular flexibility index (Phi) is 3.81. The van der Waals surface area contributed by atoms with E-state index in [9.17, 15) is 9.59 Å². The first-order chi connectivity index (χ1) is 10.1. The smallest absolute Gasteiger partial charge is 0.338 e. The fourth-order valence-electron chi connectivity index (χ4n) is 4.04. The van der Waals surface area contributed by atoms with Gasteiger partial charge in [0.15, 0.2) is 0 Å². The molecule has 3 rings (SSSR count). The van der Waals surface area contributed by atoms with Gasteiger partial charge in [-0.05, 0) is 19.1 Å². The van der Waals surface area contributed by atoms with Gasteiger partial charge in [-0.25, -0.2) is 4.79 Å². The van der Waals surface area contributed by atoms with E-state index in [0.29, 0.717) is 17.6 Å². The van der Waals surface area contributed by atoms with E-state index in [1.54, 1.807) is 19.1 Å². The fourth-order valence-corrected chi connectivity index (χ4v) is 4.04. The maximum atomic E-state index is 12.3. The molecule has 2 fully saturated rings. The monoisotopic (exact) mass is 288 g/mol. The van der Waals surface area contributed by atoms with Gasteiger partial charge in [-0.1, -0.05) is 18.2 Å². The molecule has 1 aromatic carbocycles. The van der Waals surface area contributed by atoms with E-state index in [4.69, 9.17) is 4.74 Å². The van der Waals surface area contributed by atoms with Gasteiger partial charge in [-0.15, -0.1) is 0 Å². The summed E-state index contributed by atoms with van der Waals surface area (Å²) in [6.07, 6.45) is 2.71. The highest BCUT2D eigenvalue weighted by atomic mass is 16.5. The number of quaternary nitrogens is 1. The lowest BCUT2D eigenvalue weighted by atomic mass is 9.85. The SMILES string of the molecule is CC(=O)[C@@H]1C2CCC(C[C@@H]1OC(=O)c1ccccc1)[NH+]2C. The first-order valence-corrected chi connectivity index (χ1v) is 7.67. The van der Waals surface area contributed by atoms with Crippen molar-refractivity contribution in [2.45, 2.75) is 44.4 Å². The number of esters is 1. The third-order valence-electron chi connectivity index (χ3n) is 5.14. The van der Waals surface area contributed by atoms with Crippen LogP contribution >= 0.6 is 0 Å². The summed E-state index contributed by atoms with van der Waals surface area (Å²) in [5.41, 5.74) is 0.554. The van der Waals surface area contributed by atoms with Crippen LogP contribution in [0.1, 0.15) is 36.5 Å². The van der Waals surface area contributed by atoms with Crippen molar-refractivity contribution in [1.82, 2.24) is 0 Å². The summed E-state index contributed by atoms with van der Waals surface area (Å²) in [6.45, 7) is 1.62. The van der Waals surface area contributed by atoms with E-state index in [1.165, 1.54) is 4.90 Å². The Labute approximate surface area is 125 Å². The molecule has 2 bridgehead atoms. The van der Waals surface area contributed by atoms with Crippen LogP contribution in [0.2, 0.25) is 0 Å². The second-order valence-corrected chi connectivity index (χ2v) is 6.31. The summed E-state index contributed by atoms with van der Waals surface area (Å²) in [5.74, 6) is -0.326. The molecule has 1 aromatic rings. The molecule has 2 aliphatic rings. The first kappa shape index (κ1) is 14.3. The molecular formula is C17H22NO3+. The lowest BCUT2D eigenvalue weighted by Gasteiger charge is -2.38. The molecule has 1 N–H and O–H groups in total. The standard InChI is InChI=1S/C17H21NO3/c1-11(19)16-14-9-8-13(18(14)2)10-15(16)21-17(20)12-6-4-3-5-7-12/h3-7,13-16H,8-10H2,1-2H3/p+1/t13?,14?,15-,16+/m0/s1. The number of ketones is 1. The molecule has 3 unspecified atom stereocenters. The predicted molar refractivity (Wildman–Crippen MR) is 78.1 cm³/mol. The topological polar surface area (TPSA) is 47.8 Å². The van der Waals surface area contributed by atoms with Gasteiger partial charge in [0.25, 0.3) is 0 Å². The number of nitrogens with one attached hydrogen (secondary N) is 1. The average Bonchev–Trinajstić information content (AvgIpc) is 2.72. The van der Waals surface area contributed by atoms with Crippen molar-refractivity contribution in [2.75, 3.05) is 7.05 Å². The maximum absolute atomic E-state index is 12.3. The van der Waals surface area contributed by atoms with Gasteiger partial charge >= 0.3 is 5.97 Å². The Hall–Kier alpha value is -1.68. The van der Waals surface area contributed by atoms with Crippen LogP contribution in [0.4, 0.5) is 0 Å². The number of fused-ring (bicyclic) bond motifs is 2. The lowest BCUT2D eigenvalue weighted by Crippen LogP contribution is -3.16. The Morgan fingerprint density at radius 2 is 1.90 bits per heavy atom. The van der Waals surface area contributed by atoms with Crippen LogP contribution in [0.15, 0.2) is 30.3 Å². The maximum Gasteiger partial charge on any atom is 0.338 e. The number of carbonyl (C=O) groups is 2. The van der Waals surface area contributed by atoms with Crippen LogP contribution in [0.3, 0.4) is 0 Å². The number of benzene rings is 1. The summed E-state index contributed by atoms with van der Waals surface area (Å²) in [7, 11) is 2.16. The van der Waals surface area contributed by atoms with Gasteiger partial charge in [0, 0.05) is 19.3 Å². The van der Waals surface area contributed by atoms with Crippen LogP contribution < -0.4 is 4.90 Å².